The minimum atomic E-state index is -0.520. The Morgan fingerprint density at radius 1 is 1.18 bits per heavy atom. The van der Waals surface area contributed by atoms with Gasteiger partial charge in [-0.2, -0.15) is 0 Å². The van der Waals surface area contributed by atoms with Crippen molar-refractivity contribution < 1.29 is 9.53 Å². The summed E-state index contributed by atoms with van der Waals surface area (Å²) in [6.07, 6.45) is 3.53. The normalized spacial score (nSPS) is 13.5. The van der Waals surface area contributed by atoms with Crippen LogP contribution in [0.25, 0.3) is 0 Å². The number of guanidine groups is 1. The van der Waals surface area contributed by atoms with Crippen molar-refractivity contribution in [2.75, 3.05) is 11.9 Å². The Hall–Kier alpha value is -2.44. The molecule has 8 heteroatoms. The van der Waals surface area contributed by atoms with Gasteiger partial charge >= 0.3 is 0 Å². The van der Waals surface area contributed by atoms with Crippen LogP contribution >= 0.6 is 23.2 Å². The third-order valence-electron chi connectivity index (χ3n) is 4.68. The fourth-order valence-corrected chi connectivity index (χ4v) is 3.10. The lowest BCUT2D eigenvalue weighted by Gasteiger charge is -2.26. The van der Waals surface area contributed by atoms with E-state index in [2.05, 4.69) is 10.6 Å². The molecule has 1 aliphatic carbocycles. The summed E-state index contributed by atoms with van der Waals surface area (Å²) >= 11 is 11.9. The summed E-state index contributed by atoms with van der Waals surface area (Å²) in [7, 11) is 0. The maximum absolute atomic E-state index is 11.5. The van der Waals surface area contributed by atoms with Crippen molar-refractivity contribution in [3.63, 3.8) is 0 Å². The molecule has 6 nitrogen and oxygen atoms in total. The van der Waals surface area contributed by atoms with E-state index >= 15 is 0 Å². The van der Waals surface area contributed by atoms with Crippen LogP contribution in [0, 0.1) is 11.3 Å². The Bertz CT molecular complexity index is 885. The Morgan fingerprint density at radius 2 is 1.96 bits per heavy atom. The maximum Gasteiger partial charge on any atom is 0.248 e. The number of nitrogens with one attached hydrogen (secondary N) is 3. The van der Waals surface area contributed by atoms with Crippen LogP contribution in [0.1, 0.15) is 35.2 Å². The van der Waals surface area contributed by atoms with Crippen LogP contribution in [0.4, 0.5) is 5.69 Å². The largest absolute Gasteiger partial charge is 0.491 e. The van der Waals surface area contributed by atoms with Crippen molar-refractivity contribution in [1.29, 1.82) is 5.41 Å². The van der Waals surface area contributed by atoms with Gasteiger partial charge in [0.1, 0.15) is 5.75 Å². The summed E-state index contributed by atoms with van der Waals surface area (Å²) in [5, 5.41) is 15.0. The molecule has 0 radical (unpaired) electrons. The molecule has 3 rings (SSSR count). The van der Waals surface area contributed by atoms with E-state index in [4.69, 9.17) is 39.1 Å². The first-order valence-electron chi connectivity index (χ1n) is 9.02. The van der Waals surface area contributed by atoms with Crippen molar-refractivity contribution in [2.24, 2.45) is 11.7 Å². The van der Waals surface area contributed by atoms with Crippen LogP contribution in [0.3, 0.4) is 0 Å². The van der Waals surface area contributed by atoms with Crippen LogP contribution in [0.2, 0.25) is 10.0 Å². The van der Waals surface area contributed by atoms with Crippen molar-refractivity contribution in [2.45, 2.75) is 25.8 Å². The highest BCUT2D eigenvalue weighted by Crippen LogP contribution is 2.30. The van der Waals surface area contributed by atoms with Gasteiger partial charge in [0.2, 0.25) is 5.91 Å². The molecule has 1 fully saturated rings. The number of anilines is 1. The number of carbonyl (C=O) groups is 1. The average Bonchev–Trinajstić information content (AvgIpc) is 2.62. The number of halogens is 2. The third kappa shape index (κ3) is 5.30. The molecule has 2 aromatic carbocycles. The van der Waals surface area contributed by atoms with Crippen LogP contribution in [0.5, 0.6) is 5.75 Å². The first kappa shape index (κ1) is 20.3. The first-order chi connectivity index (χ1) is 13.4. The standard InChI is InChI=1S/C20H22Cl2N4O2/c21-15-6-4-13(8-16(15)22)10-25-20(24)26-17-7-5-14(19(23)27)9-18(17)28-11-12-2-1-3-12/h4-9,12H,1-3,10-11H2,(H2,23,27)(H3,24,25,26). The molecule has 148 valence electrons. The molecule has 0 aliphatic heterocycles. The minimum Gasteiger partial charge on any atom is -0.491 e. The molecule has 0 atom stereocenters. The van der Waals surface area contributed by atoms with Gasteiger partial charge in [0.05, 0.1) is 22.3 Å². The fraction of sp³-hybridized carbons (Fsp3) is 0.300. The highest BCUT2D eigenvalue weighted by Gasteiger charge is 2.19. The summed E-state index contributed by atoms with van der Waals surface area (Å²) in [5.74, 6) is 0.612. The third-order valence-corrected chi connectivity index (χ3v) is 5.42. The molecule has 0 saturated heterocycles. The Balaban J connectivity index is 1.64. The number of rotatable bonds is 7. The van der Waals surface area contributed by atoms with Crippen LogP contribution < -0.4 is 21.1 Å². The highest BCUT2D eigenvalue weighted by atomic mass is 35.5. The van der Waals surface area contributed by atoms with E-state index in [0.717, 1.165) is 18.4 Å². The number of hydrogen-bond acceptors (Lipinski definition) is 3. The van der Waals surface area contributed by atoms with Gasteiger partial charge in [0.25, 0.3) is 0 Å². The topological polar surface area (TPSA) is 100 Å². The second-order valence-electron chi connectivity index (χ2n) is 6.79. The predicted octanol–water partition coefficient (Wildman–Crippen LogP) is 4.41. The summed E-state index contributed by atoms with van der Waals surface area (Å²) in [4.78, 5) is 11.5. The molecule has 2 aromatic rings. The quantitative estimate of drug-likeness (QED) is 0.393. The molecular formula is C20H22Cl2N4O2. The van der Waals surface area contributed by atoms with E-state index in [1.165, 1.54) is 6.42 Å². The fourth-order valence-electron chi connectivity index (χ4n) is 2.78. The maximum atomic E-state index is 11.5. The lowest BCUT2D eigenvalue weighted by molar-refractivity contribution is 0.0999. The van der Waals surface area contributed by atoms with Crippen LogP contribution in [-0.4, -0.2) is 18.5 Å². The summed E-state index contributed by atoms with van der Waals surface area (Å²) in [5.41, 5.74) is 7.23. The SMILES string of the molecule is N=C(NCc1ccc(Cl)c(Cl)c1)Nc1ccc(C(N)=O)cc1OCC1CCC1. The van der Waals surface area contributed by atoms with Crippen molar-refractivity contribution in [3.05, 3.63) is 57.6 Å². The van der Waals surface area contributed by atoms with Crippen LogP contribution in [0.15, 0.2) is 36.4 Å². The minimum absolute atomic E-state index is 0.0893. The van der Waals surface area contributed by atoms with E-state index in [-0.39, 0.29) is 5.96 Å². The van der Waals surface area contributed by atoms with Gasteiger partial charge in [0, 0.05) is 12.1 Å². The van der Waals surface area contributed by atoms with E-state index in [1.54, 1.807) is 30.3 Å². The van der Waals surface area contributed by atoms with E-state index in [1.807, 2.05) is 6.07 Å². The zero-order valence-electron chi connectivity index (χ0n) is 15.2. The van der Waals surface area contributed by atoms with Gasteiger partial charge in [-0.15, -0.1) is 0 Å². The Kier molecular flexibility index (Phi) is 6.65. The van der Waals surface area contributed by atoms with Gasteiger partial charge in [-0.3, -0.25) is 10.2 Å². The van der Waals surface area contributed by atoms with Gasteiger partial charge in [0.15, 0.2) is 5.96 Å². The van der Waals surface area contributed by atoms with Gasteiger partial charge in [-0.05, 0) is 54.7 Å². The number of hydrogen-bond donors (Lipinski definition) is 4. The van der Waals surface area contributed by atoms with Gasteiger partial charge < -0.3 is 21.1 Å². The monoisotopic (exact) mass is 420 g/mol. The molecule has 1 aliphatic rings. The first-order valence-corrected chi connectivity index (χ1v) is 9.78. The van der Waals surface area contributed by atoms with Crippen molar-refractivity contribution in [1.82, 2.24) is 5.32 Å². The number of amides is 1. The number of nitrogens with two attached hydrogens (primary N) is 1. The van der Waals surface area contributed by atoms with Gasteiger partial charge in [-0.1, -0.05) is 35.7 Å². The number of carbonyl (C=O) groups excluding carboxylic acids is 1. The van der Waals surface area contributed by atoms with Gasteiger partial charge in [-0.25, -0.2) is 0 Å². The molecule has 28 heavy (non-hydrogen) atoms. The molecule has 0 aromatic heterocycles. The molecule has 0 spiro atoms. The predicted molar refractivity (Wildman–Crippen MR) is 112 cm³/mol. The molecule has 0 bridgehead atoms. The molecular weight excluding hydrogens is 399 g/mol. The molecule has 1 saturated carbocycles. The van der Waals surface area contributed by atoms with E-state index < -0.39 is 5.91 Å². The Morgan fingerprint density at radius 3 is 2.61 bits per heavy atom. The molecule has 1 amide bonds. The zero-order chi connectivity index (χ0) is 20.1. The number of primary amides is 1. The molecule has 5 N–H and O–H groups in total. The lowest BCUT2D eigenvalue weighted by Crippen LogP contribution is -2.29. The second-order valence-corrected chi connectivity index (χ2v) is 7.60. The summed E-state index contributed by atoms with van der Waals surface area (Å²) in [6.45, 7) is 0.987. The average molecular weight is 421 g/mol. The summed E-state index contributed by atoms with van der Waals surface area (Å²) < 4.78 is 5.90. The van der Waals surface area contributed by atoms with E-state index in [0.29, 0.717) is 46.1 Å². The molecule has 0 unspecified atom stereocenters. The summed E-state index contributed by atoms with van der Waals surface area (Å²) in [6, 6.07) is 10.2. The molecule has 0 heterocycles. The van der Waals surface area contributed by atoms with Crippen molar-refractivity contribution >= 4 is 40.8 Å². The van der Waals surface area contributed by atoms with E-state index in [9.17, 15) is 4.79 Å². The zero-order valence-corrected chi connectivity index (χ0v) is 16.7. The highest BCUT2D eigenvalue weighted by molar-refractivity contribution is 6.42. The number of benzene rings is 2. The number of ether oxygens (including phenoxy) is 1. The Labute approximate surface area is 173 Å². The lowest BCUT2D eigenvalue weighted by atomic mass is 9.86. The van der Waals surface area contributed by atoms with Crippen LogP contribution in [-0.2, 0) is 6.54 Å². The smallest absolute Gasteiger partial charge is 0.248 e. The van der Waals surface area contributed by atoms with Crippen molar-refractivity contribution in [3.8, 4) is 5.75 Å². The second kappa shape index (κ2) is 9.17.